The fraction of sp³-hybridized carbons (Fsp3) is 0.333. The fourth-order valence-electron chi connectivity index (χ4n) is 1.34. The number of phenols is 1. The Labute approximate surface area is 110 Å². The van der Waals surface area contributed by atoms with Gasteiger partial charge in [-0.15, -0.1) is 0 Å². The Hall–Kier alpha value is -1.53. The summed E-state index contributed by atoms with van der Waals surface area (Å²) in [5, 5.41) is 18.2. The van der Waals surface area contributed by atoms with E-state index in [1.54, 1.807) is 41.5 Å². The highest BCUT2D eigenvalue weighted by molar-refractivity contribution is 7.98. The Kier molecular flexibility index (Phi) is 6.24. The fourth-order valence-corrected chi connectivity index (χ4v) is 1.80. The number of aromatic hydroxyl groups is 1. The molecular formula is C12H16N2O3S. The van der Waals surface area contributed by atoms with E-state index in [1.807, 2.05) is 6.26 Å². The van der Waals surface area contributed by atoms with Gasteiger partial charge in [0.25, 0.3) is 5.91 Å². The van der Waals surface area contributed by atoms with E-state index in [9.17, 15) is 9.90 Å². The van der Waals surface area contributed by atoms with Crippen LogP contribution in [0.2, 0.25) is 0 Å². The topological polar surface area (TPSA) is 81.9 Å². The molecule has 3 N–H and O–H groups in total. The molecular weight excluding hydrogens is 252 g/mol. The van der Waals surface area contributed by atoms with Crippen LogP contribution in [0.25, 0.3) is 0 Å². The summed E-state index contributed by atoms with van der Waals surface area (Å²) in [6.07, 6.45) is 3.90. The molecule has 5 nitrogen and oxygen atoms in total. The number of rotatable bonds is 6. The van der Waals surface area contributed by atoms with Gasteiger partial charge in [0.15, 0.2) is 0 Å². The van der Waals surface area contributed by atoms with Crippen LogP contribution in [-0.4, -0.2) is 40.5 Å². The van der Waals surface area contributed by atoms with Crippen LogP contribution in [0, 0.1) is 0 Å². The molecule has 0 saturated carbocycles. The number of aliphatic imine (C=N–C) groups is 1. The molecule has 0 aliphatic carbocycles. The van der Waals surface area contributed by atoms with Crippen molar-refractivity contribution < 1.29 is 15.1 Å². The first kappa shape index (κ1) is 14.5. The second kappa shape index (κ2) is 7.73. The van der Waals surface area contributed by atoms with Gasteiger partial charge in [-0.1, -0.05) is 12.1 Å². The number of carbonyl (C=O) groups is 1. The lowest BCUT2D eigenvalue weighted by Crippen LogP contribution is -2.31. The lowest BCUT2D eigenvalue weighted by molar-refractivity contribution is -0.130. The highest BCUT2D eigenvalue weighted by atomic mass is 32.2. The molecule has 0 bridgehead atoms. The molecule has 98 valence electrons. The molecule has 1 amide bonds. The second-order valence-corrected chi connectivity index (χ2v) is 4.60. The third kappa shape index (κ3) is 4.38. The zero-order valence-electron chi connectivity index (χ0n) is 10.0. The number of para-hydroxylation sites is 1. The van der Waals surface area contributed by atoms with E-state index in [0.717, 1.165) is 5.75 Å². The standard InChI is InChI=1S/C12H16N2O3S/c1-18-7-6-10(12(16)14-17)13-8-9-4-2-3-5-11(9)15/h2-5,8,10,15,17H,6-7H2,1H3,(H,14,16). The monoisotopic (exact) mass is 268 g/mol. The summed E-state index contributed by atoms with van der Waals surface area (Å²) in [5.41, 5.74) is 2.14. The third-order valence-electron chi connectivity index (χ3n) is 2.34. The first-order valence-electron chi connectivity index (χ1n) is 5.43. The van der Waals surface area contributed by atoms with Crippen LogP contribution >= 0.6 is 11.8 Å². The SMILES string of the molecule is CSCCC(N=Cc1ccccc1O)C(=O)NO. The molecule has 1 atom stereocenters. The van der Waals surface area contributed by atoms with Gasteiger partial charge < -0.3 is 5.11 Å². The molecule has 0 aromatic heterocycles. The summed E-state index contributed by atoms with van der Waals surface area (Å²) in [7, 11) is 0. The largest absolute Gasteiger partial charge is 0.507 e. The average molecular weight is 268 g/mol. The molecule has 0 radical (unpaired) electrons. The van der Waals surface area contributed by atoms with Crippen LogP contribution in [0.3, 0.4) is 0 Å². The minimum atomic E-state index is -0.651. The predicted octanol–water partition coefficient (Wildman–Crippen LogP) is 1.44. The van der Waals surface area contributed by atoms with E-state index in [4.69, 9.17) is 5.21 Å². The number of hydrogen-bond acceptors (Lipinski definition) is 5. The van der Waals surface area contributed by atoms with Gasteiger partial charge in [-0.05, 0) is 30.6 Å². The Morgan fingerprint density at radius 1 is 1.56 bits per heavy atom. The summed E-state index contributed by atoms with van der Waals surface area (Å²) >= 11 is 1.60. The normalized spacial score (nSPS) is 12.6. The molecule has 0 saturated heterocycles. The first-order valence-corrected chi connectivity index (χ1v) is 6.82. The van der Waals surface area contributed by atoms with E-state index in [-0.39, 0.29) is 5.75 Å². The molecule has 1 unspecified atom stereocenters. The molecule has 1 aromatic rings. The maximum atomic E-state index is 11.4. The molecule has 0 aliphatic heterocycles. The number of hydrogen-bond donors (Lipinski definition) is 3. The summed E-state index contributed by atoms with van der Waals surface area (Å²) < 4.78 is 0. The van der Waals surface area contributed by atoms with Crippen molar-refractivity contribution in [2.45, 2.75) is 12.5 Å². The minimum absolute atomic E-state index is 0.106. The number of amides is 1. The van der Waals surface area contributed by atoms with Crippen molar-refractivity contribution in [3.8, 4) is 5.75 Å². The van der Waals surface area contributed by atoms with Gasteiger partial charge in [-0.3, -0.25) is 15.0 Å². The summed E-state index contributed by atoms with van der Waals surface area (Å²) in [4.78, 5) is 15.5. The summed E-state index contributed by atoms with van der Waals surface area (Å²) in [5.74, 6) is 0.320. The Morgan fingerprint density at radius 2 is 2.28 bits per heavy atom. The smallest absolute Gasteiger partial charge is 0.268 e. The maximum absolute atomic E-state index is 11.4. The highest BCUT2D eigenvalue weighted by Crippen LogP contribution is 2.13. The number of carbonyl (C=O) groups excluding carboxylic acids is 1. The highest BCUT2D eigenvalue weighted by Gasteiger charge is 2.15. The van der Waals surface area contributed by atoms with E-state index >= 15 is 0 Å². The zero-order chi connectivity index (χ0) is 13.4. The van der Waals surface area contributed by atoms with Gasteiger partial charge in [0.1, 0.15) is 11.8 Å². The summed E-state index contributed by atoms with van der Waals surface area (Å²) in [6.45, 7) is 0. The maximum Gasteiger partial charge on any atom is 0.268 e. The van der Waals surface area contributed by atoms with E-state index < -0.39 is 11.9 Å². The molecule has 0 aliphatic rings. The number of phenolic OH excluding ortho intramolecular Hbond substituents is 1. The van der Waals surface area contributed by atoms with E-state index in [2.05, 4.69) is 4.99 Å². The van der Waals surface area contributed by atoms with Gasteiger partial charge in [0.05, 0.1) is 0 Å². The zero-order valence-corrected chi connectivity index (χ0v) is 10.9. The molecule has 0 spiro atoms. The Morgan fingerprint density at radius 3 is 2.89 bits per heavy atom. The van der Waals surface area contributed by atoms with Crippen molar-refractivity contribution in [3.05, 3.63) is 29.8 Å². The third-order valence-corrected chi connectivity index (χ3v) is 2.98. The average Bonchev–Trinajstić information content (AvgIpc) is 2.40. The number of nitrogens with zero attached hydrogens (tertiary/aromatic N) is 1. The van der Waals surface area contributed by atoms with Crippen LogP contribution in [0.1, 0.15) is 12.0 Å². The number of benzene rings is 1. The predicted molar refractivity (Wildman–Crippen MR) is 72.4 cm³/mol. The summed E-state index contributed by atoms with van der Waals surface area (Å²) in [6, 6.07) is 6.07. The van der Waals surface area contributed by atoms with Crippen molar-refractivity contribution in [3.63, 3.8) is 0 Å². The van der Waals surface area contributed by atoms with Crippen molar-refractivity contribution in [1.29, 1.82) is 0 Å². The number of hydroxylamine groups is 1. The van der Waals surface area contributed by atoms with Crippen LogP contribution in [-0.2, 0) is 4.79 Å². The van der Waals surface area contributed by atoms with Gasteiger partial charge in [0.2, 0.25) is 0 Å². The number of nitrogens with one attached hydrogen (secondary N) is 1. The molecule has 1 rings (SSSR count). The minimum Gasteiger partial charge on any atom is -0.507 e. The van der Waals surface area contributed by atoms with Gasteiger partial charge in [0, 0.05) is 11.8 Å². The van der Waals surface area contributed by atoms with Crippen LogP contribution in [0.15, 0.2) is 29.3 Å². The quantitative estimate of drug-likeness (QED) is 0.414. The molecule has 0 heterocycles. The van der Waals surface area contributed by atoms with Crippen molar-refractivity contribution >= 4 is 23.9 Å². The number of thioether (sulfide) groups is 1. The van der Waals surface area contributed by atoms with Crippen molar-refractivity contribution in [1.82, 2.24) is 5.48 Å². The molecule has 6 heteroatoms. The molecule has 1 aromatic carbocycles. The van der Waals surface area contributed by atoms with Crippen LogP contribution in [0.4, 0.5) is 0 Å². The van der Waals surface area contributed by atoms with E-state index in [1.165, 1.54) is 6.21 Å². The van der Waals surface area contributed by atoms with Crippen LogP contribution < -0.4 is 5.48 Å². The molecule has 18 heavy (non-hydrogen) atoms. The van der Waals surface area contributed by atoms with Crippen molar-refractivity contribution in [2.24, 2.45) is 4.99 Å². The van der Waals surface area contributed by atoms with Crippen molar-refractivity contribution in [2.75, 3.05) is 12.0 Å². The first-order chi connectivity index (χ1) is 8.69. The molecule has 0 fully saturated rings. The van der Waals surface area contributed by atoms with Gasteiger partial charge >= 0.3 is 0 Å². The van der Waals surface area contributed by atoms with Gasteiger partial charge in [-0.2, -0.15) is 11.8 Å². The van der Waals surface area contributed by atoms with E-state index in [0.29, 0.717) is 12.0 Å². The Bertz CT molecular complexity index is 424. The van der Waals surface area contributed by atoms with Gasteiger partial charge in [-0.25, -0.2) is 5.48 Å². The Balaban J connectivity index is 2.76. The van der Waals surface area contributed by atoms with Crippen LogP contribution in [0.5, 0.6) is 5.75 Å². The second-order valence-electron chi connectivity index (χ2n) is 3.61. The lowest BCUT2D eigenvalue weighted by Gasteiger charge is -2.09. The lowest BCUT2D eigenvalue weighted by atomic mass is 10.2.